The lowest BCUT2D eigenvalue weighted by Crippen LogP contribution is -2.24. The molecule has 0 bridgehead atoms. The van der Waals surface area contributed by atoms with Crippen molar-refractivity contribution in [3.05, 3.63) is 71.3 Å². The van der Waals surface area contributed by atoms with E-state index in [1.165, 1.54) is 11.6 Å². The first-order chi connectivity index (χ1) is 9.66. The van der Waals surface area contributed by atoms with Crippen LogP contribution in [0.25, 0.3) is 0 Å². The maximum absolute atomic E-state index is 13.0. The third-order valence-corrected chi connectivity index (χ3v) is 2.95. The van der Waals surface area contributed by atoms with Gasteiger partial charge in [0.15, 0.2) is 11.6 Å². The lowest BCUT2D eigenvalue weighted by Gasteiger charge is -2.06. The fourth-order valence-corrected chi connectivity index (χ4v) is 1.88. The molecule has 0 heterocycles. The molecule has 0 aromatic heterocycles. The summed E-state index contributed by atoms with van der Waals surface area (Å²) in [5.74, 6) is -2.36. The first-order valence-electron chi connectivity index (χ1n) is 6.44. The van der Waals surface area contributed by atoms with Crippen LogP contribution >= 0.6 is 0 Å². The summed E-state index contributed by atoms with van der Waals surface area (Å²) >= 11 is 0. The van der Waals surface area contributed by atoms with Crippen molar-refractivity contribution in [2.45, 2.75) is 12.8 Å². The van der Waals surface area contributed by atoms with Crippen LogP contribution in [0.3, 0.4) is 0 Å². The molecule has 20 heavy (non-hydrogen) atoms. The molecule has 0 unspecified atom stereocenters. The first-order valence-corrected chi connectivity index (χ1v) is 6.44. The van der Waals surface area contributed by atoms with Gasteiger partial charge in [0.2, 0.25) is 0 Å². The number of benzene rings is 2. The summed E-state index contributed by atoms with van der Waals surface area (Å²) in [7, 11) is 0. The van der Waals surface area contributed by atoms with Gasteiger partial charge in [-0.15, -0.1) is 0 Å². The fourth-order valence-electron chi connectivity index (χ4n) is 1.88. The molecule has 0 spiro atoms. The van der Waals surface area contributed by atoms with E-state index < -0.39 is 17.5 Å². The average Bonchev–Trinajstić information content (AvgIpc) is 2.47. The molecule has 2 aromatic carbocycles. The Bertz CT molecular complexity index is 584. The van der Waals surface area contributed by atoms with Gasteiger partial charge >= 0.3 is 0 Å². The van der Waals surface area contributed by atoms with Crippen molar-refractivity contribution in [3.8, 4) is 0 Å². The number of nitrogens with one attached hydrogen (secondary N) is 1. The van der Waals surface area contributed by atoms with Crippen LogP contribution in [-0.2, 0) is 6.42 Å². The molecule has 104 valence electrons. The van der Waals surface area contributed by atoms with Gasteiger partial charge in [-0.05, 0) is 36.6 Å². The van der Waals surface area contributed by atoms with E-state index in [9.17, 15) is 13.6 Å². The van der Waals surface area contributed by atoms with Crippen LogP contribution in [0, 0.1) is 11.6 Å². The lowest BCUT2D eigenvalue weighted by atomic mass is 10.1. The molecular formula is C16H15F2NO. The molecule has 1 amide bonds. The number of rotatable bonds is 5. The zero-order chi connectivity index (χ0) is 14.4. The molecular weight excluding hydrogens is 260 g/mol. The van der Waals surface area contributed by atoms with Gasteiger partial charge in [-0.1, -0.05) is 30.3 Å². The highest BCUT2D eigenvalue weighted by Gasteiger charge is 2.08. The molecule has 0 fully saturated rings. The Balaban J connectivity index is 1.79. The van der Waals surface area contributed by atoms with Crippen molar-refractivity contribution in [1.82, 2.24) is 5.32 Å². The highest BCUT2D eigenvalue weighted by molar-refractivity contribution is 5.94. The molecule has 0 saturated carbocycles. The summed E-state index contributed by atoms with van der Waals surface area (Å²) < 4.78 is 25.7. The molecule has 0 aliphatic carbocycles. The molecule has 0 radical (unpaired) electrons. The van der Waals surface area contributed by atoms with Crippen molar-refractivity contribution in [2.24, 2.45) is 0 Å². The van der Waals surface area contributed by atoms with E-state index in [4.69, 9.17) is 0 Å². The average molecular weight is 275 g/mol. The summed E-state index contributed by atoms with van der Waals surface area (Å²) in [6, 6.07) is 13.1. The molecule has 1 N–H and O–H groups in total. The second-order valence-electron chi connectivity index (χ2n) is 4.47. The van der Waals surface area contributed by atoms with Crippen molar-refractivity contribution in [3.63, 3.8) is 0 Å². The molecule has 0 saturated heterocycles. The summed E-state index contributed by atoms with van der Waals surface area (Å²) in [6.45, 7) is 0.493. The van der Waals surface area contributed by atoms with Crippen LogP contribution < -0.4 is 5.32 Å². The second-order valence-corrected chi connectivity index (χ2v) is 4.47. The topological polar surface area (TPSA) is 29.1 Å². The minimum atomic E-state index is -1.01. The van der Waals surface area contributed by atoms with Crippen molar-refractivity contribution < 1.29 is 13.6 Å². The predicted molar refractivity (Wildman–Crippen MR) is 73.5 cm³/mol. The zero-order valence-corrected chi connectivity index (χ0v) is 10.9. The van der Waals surface area contributed by atoms with E-state index in [2.05, 4.69) is 5.32 Å². The summed E-state index contributed by atoms with van der Waals surface area (Å²) in [4.78, 5) is 11.7. The monoisotopic (exact) mass is 275 g/mol. The maximum Gasteiger partial charge on any atom is 0.251 e. The van der Waals surface area contributed by atoms with Crippen molar-refractivity contribution >= 4 is 5.91 Å². The Morgan fingerprint density at radius 1 is 1.00 bits per heavy atom. The van der Waals surface area contributed by atoms with Crippen molar-refractivity contribution in [2.75, 3.05) is 6.54 Å². The van der Waals surface area contributed by atoms with E-state index in [0.29, 0.717) is 6.54 Å². The molecule has 0 atom stereocenters. The normalized spacial score (nSPS) is 10.3. The third kappa shape index (κ3) is 3.88. The van der Waals surface area contributed by atoms with E-state index in [1.54, 1.807) is 0 Å². The second kappa shape index (κ2) is 6.80. The fraction of sp³-hybridized carbons (Fsp3) is 0.188. The Labute approximate surface area is 116 Å². The molecule has 4 heteroatoms. The van der Waals surface area contributed by atoms with E-state index >= 15 is 0 Å². The molecule has 2 rings (SSSR count). The number of halogens is 2. The van der Waals surface area contributed by atoms with Crippen LogP contribution in [0.15, 0.2) is 48.5 Å². The van der Waals surface area contributed by atoms with Crippen LogP contribution in [0.5, 0.6) is 0 Å². The smallest absolute Gasteiger partial charge is 0.251 e. The number of carbonyl (C=O) groups excluding carboxylic acids is 1. The van der Waals surface area contributed by atoms with Gasteiger partial charge in [0.25, 0.3) is 5.91 Å². The van der Waals surface area contributed by atoms with Crippen molar-refractivity contribution in [1.29, 1.82) is 0 Å². The number of amides is 1. The predicted octanol–water partition coefficient (Wildman–Crippen LogP) is 3.33. The Morgan fingerprint density at radius 3 is 2.45 bits per heavy atom. The third-order valence-electron chi connectivity index (χ3n) is 2.95. The van der Waals surface area contributed by atoms with Crippen LogP contribution in [0.1, 0.15) is 22.3 Å². The van der Waals surface area contributed by atoms with E-state index in [1.807, 2.05) is 30.3 Å². The Hall–Kier alpha value is -2.23. The quantitative estimate of drug-likeness (QED) is 0.833. The number of hydrogen-bond donors (Lipinski definition) is 1. The van der Waals surface area contributed by atoms with Gasteiger partial charge in [-0.2, -0.15) is 0 Å². The first kappa shape index (κ1) is 14.2. The summed E-state index contributed by atoms with van der Waals surface area (Å²) in [6.07, 6.45) is 1.65. The van der Waals surface area contributed by atoms with Gasteiger partial charge in [0.05, 0.1) is 0 Å². The molecule has 2 nitrogen and oxygen atoms in total. The number of hydrogen-bond acceptors (Lipinski definition) is 1. The molecule has 0 aliphatic rings. The SMILES string of the molecule is O=C(NCCCc1ccccc1)c1ccc(F)c(F)c1. The lowest BCUT2D eigenvalue weighted by molar-refractivity contribution is 0.0952. The standard InChI is InChI=1S/C16H15F2NO/c17-14-9-8-13(11-15(14)18)16(20)19-10-4-7-12-5-2-1-3-6-12/h1-3,5-6,8-9,11H,4,7,10H2,(H,19,20). The molecule has 0 aliphatic heterocycles. The van der Waals surface area contributed by atoms with Crippen LogP contribution in [0.2, 0.25) is 0 Å². The van der Waals surface area contributed by atoms with E-state index in [0.717, 1.165) is 25.0 Å². The van der Waals surface area contributed by atoms with Gasteiger partial charge in [0, 0.05) is 12.1 Å². The highest BCUT2D eigenvalue weighted by atomic mass is 19.2. The Kier molecular flexibility index (Phi) is 4.82. The molecule has 2 aromatic rings. The minimum absolute atomic E-state index is 0.128. The minimum Gasteiger partial charge on any atom is -0.352 e. The van der Waals surface area contributed by atoms with Gasteiger partial charge in [-0.3, -0.25) is 4.79 Å². The van der Waals surface area contributed by atoms with E-state index in [-0.39, 0.29) is 5.56 Å². The van der Waals surface area contributed by atoms with Gasteiger partial charge < -0.3 is 5.32 Å². The summed E-state index contributed by atoms with van der Waals surface area (Å²) in [5, 5.41) is 2.69. The summed E-state index contributed by atoms with van der Waals surface area (Å²) in [5.41, 5.74) is 1.33. The maximum atomic E-state index is 13.0. The highest BCUT2D eigenvalue weighted by Crippen LogP contribution is 2.08. The Morgan fingerprint density at radius 2 is 1.75 bits per heavy atom. The van der Waals surface area contributed by atoms with Crippen LogP contribution in [0.4, 0.5) is 8.78 Å². The largest absolute Gasteiger partial charge is 0.352 e. The van der Waals surface area contributed by atoms with Crippen LogP contribution in [-0.4, -0.2) is 12.5 Å². The zero-order valence-electron chi connectivity index (χ0n) is 10.9. The number of carbonyl (C=O) groups is 1. The van der Waals surface area contributed by atoms with Gasteiger partial charge in [-0.25, -0.2) is 8.78 Å². The van der Waals surface area contributed by atoms with Gasteiger partial charge in [0.1, 0.15) is 0 Å². The number of aryl methyl sites for hydroxylation is 1.